The van der Waals surface area contributed by atoms with Gasteiger partial charge in [-0.1, -0.05) is 23.7 Å². The minimum atomic E-state index is -1.44. The summed E-state index contributed by atoms with van der Waals surface area (Å²) in [5, 5.41) is 15.1. The Morgan fingerprint density at radius 2 is 2.03 bits per heavy atom. The molecule has 1 saturated carbocycles. The van der Waals surface area contributed by atoms with E-state index < -0.39 is 11.4 Å². The quantitative estimate of drug-likeness (QED) is 0.443. The summed E-state index contributed by atoms with van der Waals surface area (Å²) < 4.78 is 9.33. The molecule has 1 fully saturated rings. The number of hydrogen-bond donors (Lipinski definition) is 1. The van der Waals surface area contributed by atoms with Crippen molar-refractivity contribution < 1.29 is 14.6 Å². The Morgan fingerprint density at radius 1 is 1.27 bits per heavy atom. The molecule has 0 amide bonds. The van der Waals surface area contributed by atoms with Gasteiger partial charge in [0, 0.05) is 17.6 Å². The number of hydrogen-bond acceptors (Lipinski definition) is 5. The first kappa shape index (κ1) is 21.5. The molecular formula is C24H23ClN4O4. The molecule has 9 heteroatoms. The Morgan fingerprint density at radius 3 is 2.76 bits per heavy atom. The van der Waals surface area contributed by atoms with E-state index in [2.05, 4.69) is 10.1 Å². The van der Waals surface area contributed by atoms with Gasteiger partial charge in [-0.05, 0) is 44.7 Å². The molecule has 1 aliphatic carbocycles. The van der Waals surface area contributed by atoms with Gasteiger partial charge < -0.3 is 14.2 Å². The molecule has 1 aromatic carbocycles. The van der Waals surface area contributed by atoms with E-state index in [9.17, 15) is 14.7 Å². The maximum absolute atomic E-state index is 13.0. The summed E-state index contributed by atoms with van der Waals surface area (Å²) in [4.78, 5) is 29.5. The Hall–Kier alpha value is -3.39. The third-order valence-electron chi connectivity index (χ3n) is 6.03. The fourth-order valence-electron chi connectivity index (χ4n) is 3.74. The van der Waals surface area contributed by atoms with Crippen molar-refractivity contribution in [3.63, 3.8) is 0 Å². The molecule has 0 radical (unpaired) electrons. The van der Waals surface area contributed by atoms with Crippen LogP contribution in [0, 0.1) is 5.92 Å². The number of carboxylic acids is 1. The van der Waals surface area contributed by atoms with Crippen LogP contribution in [0.25, 0.3) is 16.6 Å². The Bertz CT molecular complexity index is 1450. The van der Waals surface area contributed by atoms with Crippen molar-refractivity contribution in [1.82, 2.24) is 19.2 Å². The van der Waals surface area contributed by atoms with Gasteiger partial charge in [0.25, 0.3) is 0 Å². The Kier molecular flexibility index (Phi) is 5.12. The van der Waals surface area contributed by atoms with Crippen molar-refractivity contribution in [2.45, 2.75) is 38.6 Å². The summed E-state index contributed by atoms with van der Waals surface area (Å²) >= 11 is 6.39. The fraction of sp³-hybridized carbons (Fsp3) is 0.333. The molecule has 0 atom stereocenters. The van der Waals surface area contributed by atoms with Gasteiger partial charge in [0.1, 0.15) is 16.8 Å². The zero-order chi connectivity index (χ0) is 23.3. The van der Waals surface area contributed by atoms with E-state index in [0.717, 1.165) is 0 Å². The largest absolute Gasteiger partial charge is 0.490 e. The number of pyridine rings is 1. The molecule has 0 aliphatic heterocycles. The number of carbonyl (C=O) groups is 1. The molecule has 0 saturated heterocycles. The summed E-state index contributed by atoms with van der Waals surface area (Å²) in [6, 6.07) is 8.79. The van der Waals surface area contributed by atoms with Crippen LogP contribution in [0.4, 0.5) is 0 Å². The van der Waals surface area contributed by atoms with E-state index in [1.807, 2.05) is 22.9 Å². The normalized spacial score (nSPS) is 14.2. The van der Waals surface area contributed by atoms with Gasteiger partial charge in [-0.25, -0.2) is 4.98 Å². The van der Waals surface area contributed by atoms with Crippen molar-refractivity contribution in [1.29, 1.82) is 0 Å². The average molecular weight is 467 g/mol. The Labute approximate surface area is 194 Å². The van der Waals surface area contributed by atoms with Crippen molar-refractivity contribution >= 4 is 34.1 Å². The number of aromatic nitrogens is 4. The van der Waals surface area contributed by atoms with Gasteiger partial charge in [-0.2, -0.15) is 5.10 Å². The lowest BCUT2D eigenvalue weighted by Gasteiger charge is -2.20. The number of fused-ring (bicyclic) bond motifs is 2. The number of aliphatic carboxylic acids is 1. The predicted octanol–water partition coefficient (Wildman–Crippen LogP) is 3.90. The molecule has 170 valence electrons. The molecule has 1 aliphatic rings. The third kappa shape index (κ3) is 3.95. The molecule has 0 bridgehead atoms. The number of nitrogens with zero attached hydrogens (tertiary/aromatic N) is 4. The highest BCUT2D eigenvalue weighted by atomic mass is 35.5. The highest BCUT2D eigenvalue weighted by Crippen LogP contribution is 2.32. The average Bonchev–Trinajstić information content (AvgIpc) is 3.53. The molecular weight excluding hydrogens is 444 g/mol. The number of ether oxygens (including phenoxy) is 1. The maximum atomic E-state index is 13.0. The lowest BCUT2D eigenvalue weighted by atomic mass is 9.88. The van der Waals surface area contributed by atoms with E-state index in [1.54, 1.807) is 28.9 Å². The van der Waals surface area contributed by atoms with Crippen molar-refractivity contribution in [2.24, 2.45) is 5.92 Å². The van der Waals surface area contributed by atoms with E-state index in [4.69, 9.17) is 16.3 Å². The first-order valence-corrected chi connectivity index (χ1v) is 11.2. The molecule has 3 aromatic heterocycles. The molecule has 33 heavy (non-hydrogen) atoms. The van der Waals surface area contributed by atoms with Crippen molar-refractivity contribution in [2.75, 3.05) is 6.61 Å². The van der Waals surface area contributed by atoms with Crippen LogP contribution in [0.2, 0.25) is 5.02 Å². The first-order valence-electron chi connectivity index (χ1n) is 10.8. The van der Waals surface area contributed by atoms with Crippen LogP contribution >= 0.6 is 11.6 Å². The van der Waals surface area contributed by atoms with Crippen molar-refractivity contribution in [3.8, 4) is 5.75 Å². The number of halogens is 1. The number of carboxylic acid groups (broad SMARTS) is 1. The lowest BCUT2D eigenvalue weighted by Crippen LogP contribution is -2.37. The SMILES string of the molecule is CC(C)(C(=O)O)c1nn(Cc2cn3cc(OCC4CC4)c(Cl)cc3n2)c2ccccc2c1=O. The second-order valence-corrected chi connectivity index (χ2v) is 9.43. The summed E-state index contributed by atoms with van der Waals surface area (Å²) in [6.07, 6.45) is 6.05. The number of rotatable bonds is 7. The second-order valence-electron chi connectivity index (χ2n) is 9.02. The van der Waals surface area contributed by atoms with Crippen LogP contribution in [0.5, 0.6) is 5.75 Å². The molecule has 4 aromatic rings. The van der Waals surface area contributed by atoms with Crippen LogP contribution in [-0.2, 0) is 16.8 Å². The van der Waals surface area contributed by atoms with Gasteiger partial charge in [0.05, 0.1) is 35.6 Å². The summed E-state index contributed by atoms with van der Waals surface area (Å²) in [5.41, 5.74) is 0.111. The number of para-hydroxylation sites is 1. The lowest BCUT2D eigenvalue weighted by molar-refractivity contribution is -0.142. The predicted molar refractivity (Wildman–Crippen MR) is 124 cm³/mol. The topological polar surface area (TPSA) is 98.7 Å². The van der Waals surface area contributed by atoms with E-state index >= 15 is 0 Å². The molecule has 5 rings (SSSR count). The fourth-order valence-corrected chi connectivity index (χ4v) is 3.94. The smallest absolute Gasteiger partial charge is 0.315 e. The third-order valence-corrected chi connectivity index (χ3v) is 6.33. The van der Waals surface area contributed by atoms with Gasteiger partial charge in [-0.3, -0.25) is 14.3 Å². The minimum absolute atomic E-state index is 0.0173. The Balaban J connectivity index is 1.56. The summed E-state index contributed by atoms with van der Waals surface area (Å²) in [5.74, 6) is 0.103. The van der Waals surface area contributed by atoms with Gasteiger partial charge >= 0.3 is 5.97 Å². The van der Waals surface area contributed by atoms with Crippen molar-refractivity contribution in [3.05, 3.63) is 69.4 Å². The van der Waals surface area contributed by atoms with E-state index in [1.165, 1.54) is 26.7 Å². The first-order chi connectivity index (χ1) is 15.7. The van der Waals surface area contributed by atoms with Crippen LogP contribution in [0.3, 0.4) is 0 Å². The summed E-state index contributed by atoms with van der Waals surface area (Å²) in [7, 11) is 0. The van der Waals surface area contributed by atoms with Gasteiger partial charge in [-0.15, -0.1) is 0 Å². The van der Waals surface area contributed by atoms with Gasteiger partial charge in [0.2, 0.25) is 5.43 Å². The number of imidazole rings is 1. The standard InChI is InChI=1S/C24H23ClN4O4/c1-24(2,23(31)32)22-21(30)16-5-3-4-6-18(16)29(27-22)11-15-10-28-12-19(33-13-14-7-8-14)17(25)9-20(28)26-15/h3-6,9-10,12,14H,7-8,11,13H2,1-2H3,(H,31,32). The van der Waals surface area contributed by atoms with Crippen LogP contribution in [0.1, 0.15) is 38.1 Å². The second kappa shape index (κ2) is 7.88. The summed E-state index contributed by atoms with van der Waals surface area (Å²) in [6.45, 7) is 3.87. The number of benzene rings is 1. The highest BCUT2D eigenvalue weighted by molar-refractivity contribution is 6.32. The van der Waals surface area contributed by atoms with E-state index in [0.29, 0.717) is 45.5 Å². The van der Waals surface area contributed by atoms with Crippen LogP contribution in [-0.4, -0.2) is 36.8 Å². The highest BCUT2D eigenvalue weighted by Gasteiger charge is 2.35. The molecule has 0 unspecified atom stereocenters. The van der Waals surface area contributed by atoms with Crippen LogP contribution < -0.4 is 10.2 Å². The monoisotopic (exact) mass is 466 g/mol. The van der Waals surface area contributed by atoms with Gasteiger partial charge in [0.15, 0.2) is 5.75 Å². The molecule has 1 N–H and O–H groups in total. The van der Waals surface area contributed by atoms with E-state index in [-0.39, 0.29) is 17.7 Å². The molecule has 3 heterocycles. The molecule has 8 nitrogen and oxygen atoms in total. The van der Waals surface area contributed by atoms with Crippen LogP contribution in [0.15, 0.2) is 47.5 Å². The zero-order valence-corrected chi connectivity index (χ0v) is 19.0. The zero-order valence-electron chi connectivity index (χ0n) is 18.3. The molecule has 0 spiro atoms. The minimum Gasteiger partial charge on any atom is -0.490 e. The maximum Gasteiger partial charge on any atom is 0.315 e.